The van der Waals surface area contributed by atoms with Gasteiger partial charge in [-0.15, -0.1) is 0 Å². The molecule has 206 valence electrons. The Morgan fingerprint density at radius 2 is 1.75 bits per heavy atom. The number of rotatable bonds is 6. The van der Waals surface area contributed by atoms with Gasteiger partial charge in [-0.25, -0.2) is 4.68 Å². The van der Waals surface area contributed by atoms with Gasteiger partial charge in [0.1, 0.15) is 11.4 Å². The molecule has 0 saturated carbocycles. The number of aromatic nitrogens is 3. The first-order valence-electron chi connectivity index (χ1n) is 12.9. The molecule has 40 heavy (non-hydrogen) atoms. The van der Waals surface area contributed by atoms with Gasteiger partial charge in [-0.05, 0) is 75.6 Å². The van der Waals surface area contributed by atoms with Gasteiger partial charge in [-0.2, -0.15) is 5.10 Å². The fourth-order valence-electron chi connectivity index (χ4n) is 5.03. The highest BCUT2D eigenvalue weighted by Crippen LogP contribution is 2.44. The number of methoxy groups -OCH3 is 1. The number of fused-ring (bicyclic) bond motifs is 3. The highest BCUT2D eigenvalue weighted by Gasteiger charge is 2.31. The number of hydrogen-bond acceptors (Lipinski definition) is 5. The van der Waals surface area contributed by atoms with E-state index in [0.29, 0.717) is 21.4 Å². The van der Waals surface area contributed by atoms with Crippen molar-refractivity contribution in [3.8, 4) is 33.8 Å². The minimum absolute atomic E-state index is 0.154. The molecule has 1 aliphatic carbocycles. The van der Waals surface area contributed by atoms with Gasteiger partial charge in [0.15, 0.2) is 0 Å². The van der Waals surface area contributed by atoms with Crippen LogP contribution in [0.2, 0.25) is 10.0 Å². The van der Waals surface area contributed by atoms with Crippen molar-refractivity contribution < 1.29 is 9.53 Å². The van der Waals surface area contributed by atoms with E-state index in [9.17, 15) is 4.79 Å². The molecule has 0 unspecified atom stereocenters. The van der Waals surface area contributed by atoms with Gasteiger partial charge in [0.05, 0.1) is 29.8 Å². The molecular formula is C31H31Cl2N5O2. The Bertz CT molecular complexity index is 1650. The van der Waals surface area contributed by atoms with Crippen molar-refractivity contribution in [3.05, 3.63) is 87.8 Å². The van der Waals surface area contributed by atoms with Gasteiger partial charge in [-0.1, -0.05) is 29.8 Å². The third-order valence-corrected chi connectivity index (χ3v) is 7.85. The van der Waals surface area contributed by atoms with Crippen molar-refractivity contribution in [1.82, 2.24) is 19.7 Å². The van der Waals surface area contributed by atoms with E-state index in [-0.39, 0.29) is 5.54 Å². The topological polar surface area (TPSA) is 86.3 Å². The van der Waals surface area contributed by atoms with E-state index in [1.165, 1.54) is 6.20 Å². The molecule has 2 N–H and O–H groups in total. The second kappa shape index (κ2) is 10.3. The SMILES string of the molecule is C=C(c1nn(-c2cc(Cl)cc(Cl)c2)c2c1CCc1cc(OC)c(-c3cncc(C(N)=O)c3)cc1-2)N(C)C(C)(C)C. The highest BCUT2D eigenvalue weighted by molar-refractivity contribution is 6.34. The summed E-state index contributed by atoms with van der Waals surface area (Å²) in [5.74, 6) is 0.134. The Balaban J connectivity index is 1.79. The van der Waals surface area contributed by atoms with E-state index in [1.54, 1.807) is 25.4 Å². The van der Waals surface area contributed by atoms with Crippen molar-refractivity contribution in [2.75, 3.05) is 14.2 Å². The van der Waals surface area contributed by atoms with Gasteiger partial charge in [0.25, 0.3) is 0 Å². The number of primary amides is 1. The molecule has 1 aliphatic rings. The number of benzene rings is 2. The van der Waals surface area contributed by atoms with Gasteiger partial charge < -0.3 is 15.4 Å². The molecule has 7 nitrogen and oxygen atoms in total. The molecule has 2 aromatic carbocycles. The second-order valence-corrected chi connectivity index (χ2v) is 11.8. The van der Waals surface area contributed by atoms with Crippen molar-refractivity contribution >= 4 is 34.8 Å². The third-order valence-electron chi connectivity index (χ3n) is 7.42. The average molecular weight is 577 g/mol. The van der Waals surface area contributed by atoms with Gasteiger partial charge in [0.2, 0.25) is 5.91 Å². The summed E-state index contributed by atoms with van der Waals surface area (Å²) in [5.41, 5.74) is 13.7. The minimum atomic E-state index is -0.546. The van der Waals surface area contributed by atoms with E-state index >= 15 is 0 Å². The van der Waals surface area contributed by atoms with Crippen LogP contribution >= 0.6 is 23.2 Å². The Hall–Kier alpha value is -3.81. The van der Waals surface area contributed by atoms with Crippen LogP contribution < -0.4 is 10.5 Å². The van der Waals surface area contributed by atoms with Crippen molar-refractivity contribution in [2.24, 2.45) is 5.73 Å². The molecule has 2 heterocycles. The molecule has 4 aromatic rings. The van der Waals surface area contributed by atoms with E-state index < -0.39 is 5.91 Å². The lowest BCUT2D eigenvalue weighted by molar-refractivity contribution is 0.1000. The summed E-state index contributed by atoms with van der Waals surface area (Å²) in [5, 5.41) is 6.14. The predicted octanol–water partition coefficient (Wildman–Crippen LogP) is 6.82. The number of nitrogens with two attached hydrogens (primary N) is 1. The van der Waals surface area contributed by atoms with Crippen LogP contribution in [-0.4, -0.2) is 45.3 Å². The first-order valence-corrected chi connectivity index (χ1v) is 13.6. The van der Waals surface area contributed by atoms with Crippen LogP contribution in [0.25, 0.3) is 33.8 Å². The molecule has 0 radical (unpaired) electrons. The first kappa shape index (κ1) is 27.7. The van der Waals surface area contributed by atoms with Crippen LogP contribution in [0.15, 0.2) is 55.4 Å². The van der Waals surface area contributed by atoms with Gasteiger partial charge in [0, 0.05) is 57.3 Å². The molecule has 5 rings (SSSR count). The fraction of sp³-hybridized carbons (Fsp3) is 0.258. The molecule has 2 aromatic heterocycles. The number of aryl methyl sites for hydroxylation is 1. The molecule has 0 bridgehead atoms. The van der Waals surface area contributed by atoms with Crippen LogP contribution in [0, 0.1) is 0 Å². The van der Waals surface area contributed by atoms with E-state index in [2.05, 4.69) is 43.3 Å². The second-order valence-electron chi connectivity index (χ2n) is 10.9. The zero-order valence-electron chi connectivity index (χ0n) is 23.2. The van der Waals surface area contributed by atoms with Crippen molar-refractivity contribution in [2.45, 2.75) is 39.2 Å². The Labute approximate surface area is 244 Å². The quantitative estimate of drug-likeness (QED) is 0.272. The lowest BCUT2D eigenvalue weighted by Crippen LogP contribution is -2.36. The third kappa shape index (κ3) is 4.95. The summed E-state index contributed by atoms with van der Waals surface area (Å²) in [6.45, 7) is 10.9. The number of carbonyl (C=O) groups is 1. The lowest BCUT2D eigenvalue weighted by Gasteiger charge is -2.35. The summed E-state index contributed by atoms with van der Waals surface area (Å²) in [6, 6.07) is 11.2. The number of pyridine rings is 1. The molecule has 0 spiro atoms. The van der Waals surface area contributed by atoms with Crippen molar-refractivity contribution in [1.29, 1.82) is 0 Å². The smallest absolute Gasteiger partial charge is 0.250 e. The van der Waals surface area contributed by atoms with Crippen LogP contribution in [0.1, 0.15) is 48.0 Å². The lowest BCUT2D eigenvalue weighted by atomic mass is 9.85. The summed E-state index contributed by atoms with van der Waals surface area (Å²) in [4.78, 5) is 18.3. The summed E-state index contributed by atoms with van der Waals surface area (Å²) in [7, 11) is 3.66. The van der Waals surface area contributed by atoms with Gasteiger partial charge >= 0.3 is 0 Å². The van der Waals surface area contributed by atoms with E-state index in [1.807, 2.05) is 29.9 Å². The maximum Gasteiger partial charge on any atom is 0.250 e. The molecule has 1 amide bonds. The standard InChI is InChI=1S/C31H31Cl2N5O2/c1-17(37(5)31(2,3)4)28-24-8-7-18-10-27(40-6)25(19-9-20(30(34)39)16-35-15-19)14-26(18)29(24)38(36-28)23-12-21(32)11-22(33)13-23/h9-16H,1,7-8H2,2-6H3,(H2,34,39). The summed E-state index contributed by atoms with van der Waals surface area (Å²) >= 11 is 12.9. The number of amides is 1. The van der Waals surface area contributed by atoms with Crippen LogP contribution in [0.3, 0.4) is 0 Å². The summed E-state index contributed by atoms with van der Waals surface area (Å²) in [6.07, 6.45) is 4.71. The normalized spacial score (nSPS) is 12.5. The molecule has 0 saturated heterocycles. The number of carbonyl (C=O) groups excluding carboxylic acids is 1. The largest absolute Gasteiger partial charge is 0.496 e. The molecule has 0 aliphatic heterocycles. The number of hydrogen-bond donors (Lipinski definition) is 1. The highest BCUT2D eigenvalue weighted by atomic mass is 35.5. The van der Waals surface area contributed by atoms with E-state index in [4.69, 9.17) is 38.8 Å². The number of halogens is 2. The van der Waals surface area contributed by atoms with Crippen LogP contribution in [-0.2, 0) is 12.8 Å². The monoisotopic (exact) mass is 575 g/mol. The van der Waals surface area contributed by atoms with Crippen LogP contribution in [0.5, 0.6) is 5.75 Å². The zero-order chi connectivity index (χ0) is 28.9. The fourth-order valence-corrected chi connectivity index (χ4v) is 5.55. The predicted molar refractivity (Wildman–Crippen MR) is 161 cm³/mol. The minimum Gasteiger partial charge on any atom is -0.496 e. The maximum atomic E-state index is 11.9. The first-order chi connectivity index (χ1) is 18.9. The van der Waals surface area contributed by atoms with Crippen LogP contribution in [0.4, 0.5) is 0 Å². The Morgan fingerprint density at radius 1 is 1.05 bits per heavy atom. The molecular weight excluding hydrogens is 545 g/mol. The van der Waals surface area contributed by atoms with Crippen molar-refractivity contribution in [3.63, 3.8) is 0 Å². The summed E-state index contributed by atoms with van der Waals surface area (Å²) < 4.78 is 7.69. The Kier molecular flexibility index (Phi) is 7.15. The number of nitrogens with zero attached hydrogens (tertiary/aromatic N) is 4. The van der Waals surface area contributed by atoms with E-state index in [0.717, 1.165) is 63.4 Å². The molecule has 9 heteroatoms. The zero-order valence-corrected chi connectivity index (χ0v) is 24.7. The molecule has 0 atom stereocenters. The number of ether oxygens (including phenoxy) is 1. The van der Waals surface area contributed by atoms with Gasteiger partial charge in [-0.3, -0.25) is 9.78 Å². The maximum absolute atomic E-state index is 11.9. The molecule has 0 fully saturated rings. The average Bonchev–Trinajstić information content (AvgIpc) is 3.30. The Morgan fingerprint density at radius 3 is 2.38 bits per heavy atom.